The third kappa shape index (κ3) is 9.87. The highest BCUT2D eigenvalue weighted by molar-refractivity contribution is 6.20. The number of rotatable bonds is 13. The summed E-state index contributed by atoms with van der Waals surface area (Å²) in [7, 11) is 0. The molecule has 0 spiro atoms. The lowest BCUT2D eigenvalue weighted by Gasteiger charge is -2.19. The van der Waals surface area contributed by atoms with Crippen LogP contribution in [0.2, 0.25) is 0 Å². The van der Waals surface area contributed by atoms with E-state index in [-0.39, 0.29) is 6.04 Å². The second kappa shape index (κ2) is 22.7. The first-order valence-electron chi connectivity index (χ1n) is 28.0. The van der Waals surface area contributed by atoms with Gasteiger partial charge in [-0.15, -0.1) is 0 Å². The van der Waals surface area contributed by atoms with E-state index in [0.717, 1.165) is 106 Å². The maximum Gasteiger partial charge on any atom is 0.0588 e. The average molecular weight is 1050 g/mol. The molecule has 0 bridgehead atoms. The van der Waals surface area contributed by atoms with E-state index in [2.05, 4.69) is 288 Å². The molecule has 394 valence electrons. The van der Waals surface area contributed by atoms with Crippen molar-refractivity contribution < 1.29 is 0 Å². The van der Waals surface area contributed by atoms with Crippen LogP contribution in [-0.2, 0) is 0 Å². The summed E-state index contributed by atoms with van der Waals surface area (Å²) in [6.45, 7) is 17.0. The normalized spacial score (nSPS) is 15.6. The Hall–Kier alpha value is -10.0. The number of fused-ring (bicyclic) bond motifs is 10. The molecule has 81 heavy (non-hydrogen) atoms. The Morgan fingerprint density at radius 3 is 2.21 bits per heavy atom. The van der Waals surface area contributed by atoms with Crippen LogP contribution >= 0.6 is 0 Å². The molecule has 1 atom stereocenters. The zero-order valence-electron chi connectivity index (χ0n) is 46.4. The number of nitrogens with one attached hydrogen (secondary N) is 1. The molecule has 4 aromatic heterocycles. The lowest BCUT2D eigenvalue weighted by molar-refractivity contribution is 1.06. The minimum atomic E-state index is -0.0148. The summed E-state index contributed by atoms with van der Waals surface area (Å²) in [5.74, 6) is 0. The molecule has 6 heteroatoms. The molecule has 0 saturated heterocycles. The van der Waals surface area contributed by atoms with E-state index in [1.807, 2.05) is 37.0 Å². The average Bonchev–Trinajstić information content (AvgIpc) is 3.27. The van der Waals surface area contributed by atoms with Crippen LogP contribution in [0.15, 0.2) is 255 Å². The molecule has 0 aliphatic carbocycles. The molecule has 0 saturated carbocycles. The second-order valence-electron chi connectivity index (χ2n) is 20.6. The van der Waals surface area contributed by atoms with Gasteiger partial charge in [-0.25, -0.2) is 0 Å². The molecule has 12 rings (SSSR count). The summed E-state index contributed by atoms with van der Waals surface area (Å²) in [4.78, 5) is 9.01. The number of aromatic nitrogens is 4. The largest absolute Gasteiger partial charge is 0.377 e. The quantitative estimate of drug-likeness (QED) is 0.117. The maximum atomic E-state index is 4.64. The van der Waals surface area contributed by atoms with Crippen LogP contribution in [-0.4, -0.2) is 30.9 Å². The molecule has 7 aromatic carbocycles. The molecular weight excluding hydrogens is 985 g/mol. The van der Waals surface area contributed by atoms with Crippen molar-refractivity contribution in [2.75, 3.05) is 5.32 Å². The van der Waals surface area contributed by atoms with Crippen LogP contribution in [0.4, 0.5) is 5.69 Å². The van der Waals surface area contributed by atoms with Crippen LogP contribution in [0.25, 0.3) is 118 Å². The van der Waals surface area contributed by atoms with E-state index in [0.29, 0.717) is 6.42 Å². The standard InChI is InChI=1S/C75H64N6/c1-7-11-13-22-53(10-4)30-37-63-66-46-64-61-26-17-16-25-57(61)39-42-77-50-51(5)78-69(64)48-73(66)80(70(63)21-9-3)59-35-32-56(33-36-59)54(20-8-2)31-29-52(6)79-72-38-34-58(55-23-14-12-15-24-55)45-65(72)68-47-67-62-27-18-19-28-71(62)81(75(67)49-74(68)79)60-40-43-76-44-41-60/h8-29,31-51,78H,3-4,7,30H2,1-2,5-6H3/b13-11-,20-8-,42-39-,52-29+,53-22+,54-31+,63-37-,70-21+,77-50-. The number of anilines is 1. The zero-order chi connectivity index (χ0) is 55.4. The van der Waals surface area contributed by atoms with E-state index < -0.39 is 0 Å². The maximum absolute atomic E-state index is 4.64. The fraction of sp³-hybridized carbons (Fsp3) is 0.0933. The van der Waals surface area contributed by atoms with Crippen LogP contribution in [0, 0.1) is 0 Å². The van der Waals surface area contributed by atoms with Crippen molar-refractivity contribution in [1.82, 2.24) is 18.7 Å². The Balaban J connectivity index is 1.01. The van der Waals surface area contributed by atoms with Crippen molar-refractivity contribution in [2.45, 2.75) is 46.6 Å². The molecule has 11 aromatic rings. The minimum Gasteiger partial charge on any atom is -0.377 e. The number of hydrogen-bond donors (Lipinski definition) is 1. The highest BCUT2D eigenvalue weighted by Crippen LogP contribution is 2.41. The van der Waals surface area contributed by atoms with Gasteiger partial charge in [0.05, 0.1) is 39.0 Å². The summed E-state index contributed by atoms with van der Waals surface area (Å²) in [6.07, 6.45) is 35.0. The van der Waals surface area contributed by atoms with Crippen LogP contribution in [0.1, 0.15) is 51.7 Å². The van der Waals surface area contributed by atoms with Gasteiger partial charge in [0.1, 0.15) is 0 Å². The molecule has 1 N–H and O–H groups in total. The molecule has 6 nitrogen and oxygen atoms in total. The number of para-hydroxylation sites is 1. The van der Waals surface area contributed by atoms with Crippen LogP contribution in [0.3, 0.4) is 0 Å². The third-order valence-electron chi connectivity index (χ3n) is 15.5. The molecule has 1 aliphatic rings. The van der Waals surface area contributed by atoms with Gasteiger partial charge in [-0.1, -0.05) is 166 Å². The lowest BCUT2D eigenvalue weighted by atomic mass is 9.95. The Bertz CT molecular complexity index is 4600. The predicted molar refractivity (Wildman–Crippen MR) is 350 cm³/mol. The van der Waals surface area contributed by atoms with Crippen molar-refractivity contribution in [3.8, 4) is 33.6 Å². The summed E-state index contributed by atoms with van der Waals surface area (Å²) in [5, 5.41) is 12.0. The molecule has 5 heterocycles. The van der Waals surface area contributed by atoms with Crippen LogP contribution < -0.4 is 15.9 Å². The monoisotopic (exact) mass is 1050 g/mol. The van der Waals surface area contributed by atoms with Gasteiger partial charge in [-0.3, -0.25) is 9.98 Å². The minimum absolute atomic E-state index is 0.0148. The predicted octanol–water partition coefficient (Wildman–Crippen LogP) is 18.2. The molecule has 0 amide bonds. The van der Waals surface area contributed by atoms with E-state index in [1.54, 1.807) is 0 Å². The van der Waals surface area contributed by atoms with Gasteiger partial charge >= 0.3 is 0 Å². The van der Waals surface area contributed by atoms with E-state index in [1.165, 1.54) is 32.7 Å². The second-order valence-corrected chi connectivity index (χ2v) is 20.6. The Labute approximate surface area is 474 Å². The van der Waals surface area contributed by atoms with Crippen molar-refractivity contribution >= 4 is 95.9 Å². The molecule has 0 fully saturated rings. The first kappa shape index (κ1) is 51.7. The summed E-state index contributed by atoms with van der Waals surface area (Å²) >= 11 is 0. The van der Waals surface area contributed by atoms with Crippen molar-refractivity contribution in [1.29, 1.82) is 0 Å². The number of allylic oxidation sites excluding steroid dienone is 12. The molecule has 0 radical (unpaired) electrons. The summed E-state index contributed by atoms with van der Waals surface area (Å²) in [5.41, 5.74) is 19.1. The number of pyridine rings is 1. The topological polar surface area (TPSA) is 52.1 Å². The van der Waals surface area contributed by atoms with Crippen molar-refractivity contribution in [3.63, 3.8) is 0 Å². The highest BCUT2D eigenvalue weighted by atomic mass is 15.0. The first-order valence-corrected chi connectivity index (χ1v) is 28.0. The van der Waals surface area contributed by atoms with Gasteiger partial charge in [0.2, 0.25) is 0 Å². The van der Waals surface area contributed by atoms with Gasteiger partial charge in [0.15, 0.2) is 0 Å². The Morgan fingerprint density at radius 1 is 0.654 bits per heavy atom. The number of hydrogen-bond acceptors (Lipinski definition) is 3. The van der Waals surface area contributed by atoms with Gasteiger partial charge in [0, 0.05) is 85.3 Å². The fourth-order valence-corrected chi connectivity index (χ4v) is 11.7. The molecule has 1 aliphatic heterocycles. The third-order valence-corrected chi connectivity index (χ3v) is 15.5. The van der Waals surface area contributed by atoms with E-state index >= 15 is 0 Å². The van der Waals surface area contributed by atoms with Gasteiger partial charge < -0.3 is 19.0 Å². The zero-order valence-corrected chi connectivity index (χ0v) is 46.4. The lowest BCUT2D eigenvalue weighted by Crippen LogP contribution is -2.28. The van der Waals surface area contributed by atoms with Crippen LogP contribution in [0.5, 0.6) is 0 Å². The van der Waals surface area contributed by atoms with E-state index in [4.69, 9.17) is 0 Å². The van der Waals surface area contributed by atoms with Crippen molar-refractivity contribution in [3.05, 3.63) is 271 Å². The van der Waals surface area contributed by atoms with Gasteiger partial charge in [0.25, 0.3) is 0 Å². The first-order chi connectivity index (χ1) is 39.8. The van der Waals surface area contributed by atoms with E-state index in [9.17, 15) is 0 Å². The number of aliphatic imine (C=N–C) groups is 1. The van der Waals surface area contributed by atoms with Crippen molar-refractivity contribution in [2.24, 2.45) is 4.99 Å². The summed E-state index contributed by atoms with van der Waals surface area (Å²) < 4.78 is 7.18. The summed E-state index contributed by atoms with van der Waals surface area (Å²) in [6, 6.07) is 57.5. The smallest absolute Gasteiger partial charge is 0.0588 e. The number of nitrogens with zero attached hydrogens (tertiary/aromatic N) is 5. The van der Waals surface area contributed by atoms with Gasteiger partial charge in [-0.2, -0.15) is 0 Å². The molecular formula is C75H64N6. The van der Waals surface area contributed by atoms with Gasteiger partial charge in [-0.05, 0) is 158 Å². The fourth-order valence-electron chi connectivity index (χ4n) is 11.7. The molecule has 1 unspecified atom stereocenters. The SMILES string of the molecule is C=C/C=c1\c(=C/C/C(C=C)=C/C=C\CC)c2cc3c(cc2n1-c1ccc(C(/C=C\C)=C/C=C(\C)n2c4ccc(-c5ccccc5)cc4c4cc5c6ccccc6n(-c6ccncc6)c5cc42)cc1)NC(C)/C=N\C=C/c1ccccc1-3. The number of benzene rings is 7. The Morgan fingerprint density at radius 2 is 1.41 bits per heavy atom. The Kier molecular flexibility index (Phi) is 14.5. The highest BCUT2D eigenvalue weighted by Gasteiger charge is 2.21.